The molecule has 74 valence electrons. The van der Waals surface area contributed by atoms with Gasteiger partial charge in [-0.25, -0.2) is 0 Å². The van der Waals surface area contributed by atoms with Crippen molar-refractivity contribution in [1.82, 2.24) is 0 Å². The fourth-order valence-corrected chi connectivity index (χ4v) is 1.53. The van der Waals surface area contributed by atoms with Crippen molar-refractivity contribution in [2.24, 2.45) is 0 Å². The predicted octanol–water partition coefficient (Wildman–Crippen LogP) is 1.35. The molecule has 1 aromatic carbocycles. The van der Waals surface area contributed by atoms with Gasteiger partial charge in [-0.2, -0.15) is 0 Å². The zero-order chi connectivity index (χ0) is 10.1. The van der Waals surface area contributed by atoms with Gasteiger partial charge in [-0.1, -0.05) is 6.07 Å². The Kier molecular flexibility index (Phi) is 2.04. The molecule has 0 radical (unpaired) electrons. The van der Waals surface area contributed by atoms with Gasteiger partial charge >= 0.3 is 5.97 Å². The smallest absolute Gasteiger partial charge is 0.307 e. The average Bonchev–Trinajstić information content (AvgIpc) is 2.50. The van der Waals surface area contributed by atoms with Crippen LogP contribution in [0.3, 0.4) is 0 Å². The van der Waals surface area contributed by atoms with E-state index in [1.807, 2.05) is 19.1 Å². The topological polar surface area (TPSA) is 55.8 Å². The third-order valence-electron chi connectivity index (χ3n) is 2.04. The number of rotatable bonds is 2. The van der Waals surface area contributed by atoms with Gasteiger partial charge in [0.15, 0.2) is 11.5 Å². The van der Waals surface area contributed by atoms with Crippen LogP contribution in [0.4, 0.5) is 0 Å². The van der Waals surface area contributed by atoms with Crippen molar-refractivity contribution in [2.45, 2.75) is 13.3 Å². The molecule has 0 saturated carbocycles. The zero-order valence-corrected chi connectivity index (χ0v) is 7.74. The standard InChI is InChI=1S/C10H10O4/c1-6-2-7(4-9(11)12)10-8(3-6)13-5-14-10/h2-3H,4-5H2,1H3,(H,11,12). The van der Waals surface area contributed by atoms with E-state index in [2.05, 4.69) is 0 Å². The van der Waals surface area contributed by atoms with Gasteiger partial charge in [0, 0.05) is 5.56 Å². The lowest BCUT2D eigenvalue weighted by Gasteiger charge is -2.04. The highest BCUT2D eigenvalue weighted by Crippen LogP contribution is 2.36. The Labute approximate surface area is 81.1 Å². The Morgan fingerprint density at radius 3 is 3.00 bits per heavy atom. The lowest BCUT2D eigenvalue weighted by molar-refractivity contribution is -0.136. The summed E-state index contributed by atoms with van der Waals surface area (Å²) < 4.78 is 10.4. The van der Waals surface area contributed by atoms with E-state index in [0.717, 1.165) is 5.56 Å². The Morgan fingerprint density at radius 1 is 1.50 bits per heavy atom. The molecule has 4 heteroatoms. The molecule has 1 aliphatic rings. The summed E-state index contributed by atoms with van der Waals surface area (Å²) in [6.45, 7) is 2.07. The molecule has 0 saturated heterocycles. The first-order valence-electron chi connectivity index (χ1n) is 4.28. The monoisotopic (exact) mass is 194 g/mol. The fourth-order valence-electron chi connectivity index (χ4n) is 1.53. The van der Waals surface area contributed by atoms with Crippen LogP contribution in [-0.4, -0.2) is 17.9 Å². The van der Waals surface area contributed by atoms with Crippen LogP contribution < -0.4 is 9.47 Å². The summed E-state index contributed by atoms with van der Waals surface area (Å²) in [6.07, 6.45) is -0.0344. The first-order valence-corrected chi connectivity index (χ1v) is 4.28. The highest BCUT2D eigenvalue weighted by atomic mass is 16.7. The number of hydrogen-bond donors (Lipinski definition) is 1. The summed E-state index contributed by atoms with van der Waals surface area (Å²) in [5.74, 6) is 0.340. The molecule has 0 amide bonds. The molecule has 1 heterocycles. The largest absolute Gasteiger partial charge is 0.481 e. The molecule has 1 N–H and O–H groups in total. The molecule has 1 aromatic rings. The number of aliphatic carboxylic acids is 1. The van der Waals surface area contributed by atoms with Crippen molar-refractivity contribution in [3.8, 4) is 11.5 Å². The van der Waals surface area contributed by atoms with Crippen LogP contribution in [-0.2, 0) is 11.2 Å². The maximum atomic E-state index is 10.6. The summed E-state index contributed by atoms with van der Waals surface area (Å²) >= 11 is 0. The zero-order valence-electron chi connectivity index (χ0n) is 7.74. The summed E-state index contributed by atoms with van der Waals surface area (Å²) in [6, 6.07) is 3.65. The Morgan fingerprint density at radius 2 is 2.29 bits per heavy atom. The number of carboxylic acid groups (broad SMARTS) is 1. The normalized spacial score (nSPS) is 12.9. The van der Waals surface area contributed by atoms with Gasteiger partial charge in [-0.3, -0.25) is 4.79 Å². The molecule has 2 rings (SSSR count). The van der Waals surface area contributed by atoms with E-state index in [-0.39, 0.29) is 13.2 Å². The number of benzene rings is 1. The molecule has 0 bridgehead atoms. The molecule has 0 fully saturated rings. The van der Waals surface area contributed by atoms with E-state index in [1.165, 1.54) is 0 Å². The average molecular weight is 194 g/mol. The van der Waals surface area contributed by atoms with Crippen LogP contribution in [0.15, 0.2) is 12.1 Å². The molecule has 14 heavy (non-hydrogen) atoms. The SMILES string of the molecule is Cc1cc(CC(=O)O)c2c(c1)OCO2. The van der Waals surface area contributed by atoms with Crippen LogP contribution in [0.5, 0.6) is 11.5 Å². The molecule has 1 aliphatic heterocycles. The van der Waals surface area contributed by atoms with Gasteiger partial charge < -0.3 is 14.6 Å². The summed E-state index contributed by atoms with van der Waals surface area (Å²) in [5.41, 5.74) is 1.65. The van der Waals surface area contributed by atoms with E-state index in [1.54, 1.807) is 0 Å². The van der Waals surface area contributed by atoms with E-state index in [9.17, 15) is 4.79 Å². The van der Waals surface area contributed by atoms with Crippen molar-refractivity contribution in [1.29, 1.82) is 0 Å². The second kappa shape index (κ2) is 3.21. The summed E-state index contributed by atoms with van der Waals surface area (Å²) in [5, 5.41) is 8.69. The van der Waals surface area contributed by atoms with E-state index >= 15 is 0 Å². The first kappa shape index (κ1) is 8.87. The first-order chi connectivity index (χ1) is 6.66. The minimum Gasteiger partial charge on any atom is -0.481 e. The van der Waals surface area contributed by atoms with Crippen molar-refractivity contribution >= 4 is 5.97 Å². The lowest BCUT2D eigenvalue weighted by Crippen LogP contribution is -2.02. The third-order valence-corrected chi connectivity index (χ3v) is 2.04. The molecule has 0 atom stereocenters. The summed E-state index contributed by atoms with van der Waals surface area (Å²) in [4.78, 5) is 10.6. The van der Waals surface area contributed by atoms with E-state index < -0.39 is 5.97 Å². The van der Waals surface area contributed by atoms with Gasteiger partial charge in [0.1, 0.15) is 0 Å². The van der Waals surface area contributed by atoms with Crippen LogP contribution in [0.1, 0.15) is 11.1 Å². The number of aryl methyl sites for hydroxylation is 1. The van der Waals surface area contributed by atoms with Gasteiger partial charge in [0.05, 0.1) is 6.42 Å². The number of hydrogen-bond acceptors (Lipinski definition) is 3. The maximum absolute atomic E-state index is 10.6. The second-order valence-corrected chi connectivity index (χ2v) is 3.23. The van der Waals surface area contributed by atoms with Gasteiger partial charge in [-0.15, -0.1) is 0 Å². The minimum atomic E-state index is -0.867. The number of carbonyl (C=O) groups is 1. The molecular weight excluding hydrogens is 184 g/mol. The molecule has 0 spiro atoms. The quantitative estimate of drug-likeness (QED) is 0.772. The van der Waals surface area contributed by atoms with Crippen LogP contribution in [0.2, 0.25) is 0 Å². The highest BCUT2D eigenvalue weighted by molar-refractivity contribution is 5.72. The van der Waals surface area contributed by atoms with E-state index in [4.69, 9.17) is 14.6 Å². The lowest BCUT2D eigenvalue weighted by atomic mass is 10.1. The molecule has 0 aliphatic carbocycles. The van der Waals surface area contributed by atoms with Gasteiger partial charge in [-0.05, 0) is 18.6 Å². The highest BCUT2D eigenvalue weighted by Gasteiger charge is 2.19. The van der Waals surface area contributed by atoms with Crippen molar-refractivity contribution in [2.75, 3.05) is 6.79 Å². The predicted molar refractivity (Wildman–Crippen MR) is 48.6 cm³/mol. The number of carboxylic acids is 1. The maximum Gasteiger partial charge on any atom is 0.307 e. The van der Waals surface area contributed by atoms with Gasteiger partial charge in [0.2, 0.25) is 6.79 Å². The van der Waals surface area contributed by atoms with E-state index in [0.29, 0.717) is 17.1 Å². The number of ether oxygens (including phenoxy) is 2. The third kappa shape index (κ3) is 1.51. The fraction of sp³-hybridized carbons (Fsp3) is 0.300. The minimum absolute atomic E-state index is 0.0344. The molecule has 0 unspecified atom stereocenters. The van der Waals surface area contributed by atoms with Gasteiger partial charge in [0.25, 0.3) is 0 Å². The van der Waals surface area contributed by atoms with Crippen molar-refractivity contribution < 1.29 is 19.4 Å². The summed E-state index contributed by atoms with van der Waals surface area (Å²) in [7, 11) is 0. The molecular formula is C10H10O4. The Bertz CT molecular complexity index is 384. The number of fused-ring (bicyclic) bond motifs is 1. The van der Waals surface area contributed by atoms with Crippen molar-refractivity contribution in [3.05, 3.63) is 23.3 Å². The Hall–Kier alpha value is -1.71. The molecule has 0 aromatic heterocycles. The van der Waals surface area contributed by atoms with Crippen LogP contribution in [0, 0.1) is 6.92 Å². The van der Waals surface area contributed by atoms with Crippen LogP contribution >= 0.6 is 0 Å². The van der Waals surface area contributed by atoms with Crippen molar-refractivity contribution in [3.63, 3.8) is 0 Å². The second-order valence-electron chi connectivity index (χ2n) is 3.23. The van der Waals surface area contributed by atoms with Crippen LogP contribution in [0.25, 0.3) is 0 Å². The Balaban J connectivity index is 2.43. The molecule has 4 nitrogen and oxygen atoms in total.